The normalized spacial score (nSPS) is 12.3. The van der Waals surface area contributed by atoms with Gasteiger partial charge in [0.05, 0.1) is 27.3 Å². The number of aromatic nitrogens is 5. The van der Waals surface area contributed by atoms with E-state index in [9.17, 15) is 4.79 Å². The number of benzene rings is 1. The van der Waals surface area contributed by atoms with Crippen molar-refractivity contribution in [3.05, 3.63) is 82.8 Å². The summed E-state index contributed by atoms with van der Waals surface area (Å²) in [5, 5.41) is 4.08. The second-order valence-corrected chi connectivity index (χ2v) is 7.82. The Labute approximate surface area is 176 Å². The lowest BCUT2D eigenvalue weighted by molar-refractivity contribution is 0.774. The van der Waals surface area contributed by atoms with E-state index in [1.807, 2.05) is 62.4 Å². The molecule has 0 fully saturated rings. The summed E-state index contributed by atoms with van der Waals surface area (Å²) in [5.41, 5.74) is 3.77. The summed E-state index contributed by atoms with van der Waals surface area (Å²) in [6.07, 6.45) is 3.23. The highest BCUT2D eigenvalue weighted by Crippen LogP contribution is 2.28. The van der Waals surface area contributed by atoms with Crippen LogP contribution in [-0.4, -0.2) is 23.9 Å². The monoisotopic (exact) mass is 414 g/mol. The molecule has 8 heteroatoms. The molecule has 30 heavy (non-hydrogen) atoms. The number of rotatable bonds is 4. The predicted octanol–water partition coefficient (Wildman–Crippen LogP) is 4.27. The maximum absolute atomic E-state index is 13.5. The smallest absolute Gasteiger partial charge is 0.266 e. The largest absolute Gasteiger partial charge is 0.360 e. The van der Waals surface area contributed by atoms with E-state index in [0.717, 1.165) is 27.3 Å². The average Bonchev–Trinajstić information content (AvgIpc) is 3.15. The van der Waals surface area contributed by atoms with Gasteiger partial charge in [0.15, 0.2) is 5.82 Å². The number of aryl methyl sites for hydroxylation is 1. The molecule has 0 saturated carbocycles. The van der Waals surface area contributed by atoms with Crippen molar-refractivity contribution in [1.82, 2.24) is 23.9 Å². The molecule has 1 atom stereocenters. The second-order valence-electron chi connectivity index (χ2n) is 7.01. The zero-order chi connectivity index (χ0) is 20.7. The maximum atomic E-state index is 13.5. The number of nitrogens with zero attached hydrogens (tertiary/aromatic N) is 5. The fourth-order valence-electron chi connectivity index (χ4n) is 3.61. The van der Waals surface area contributed by atoms with Gasteiger partial charge in [-0.25, -0.2) is 9.97 Å². The van der Waals surface area contributed by atoms with Crippen LogP contribution in [0.25, 0.3) is 26.8 Å². The summed E-state index contributed by atoms with van der Waals surface area (Å²) in [4.78, 5) is 26.5. The number of pyridine rings is 2. The first-order valence-electron chi connectivity index (χ1n) is 9.53. The van der Waals surface area contributed by atoms with Crippen molar-refractivity contribution in [1.29, 1.82) is 0 Å². The first-order chi connectivity index (χ1) is 14.6. The molecule has 0 aliphatic rings. The third-order valence-corrected chi connectivity index (χ3v) is 5.93. The molecule has 148 valence electrons. The molecular weight excluding hydrogens is 396 g/mol. The number of hydrogen-bond acceptors (Lipinski definition) is 7. The Morgan fingerprint density at radius 3 is 2.73 bits per heavy atom. The highest BCUT2D eigenvalue weighted by Gasteiger charge is 2.20. The van der Waals surface area contributed by atoms with Crippen molar-refractivity contribution < 1.29 is 0 Å². The van der Waals surface area contributed by atoms with Crippen LogP contribution in [0.3, 0.4) is 0 Å². The zero-order valence-electron chi connectivity index (χ0n) is 16.4. The Morgan fingerprint density at radius 1 is 1.07 bits per heavy atom. The van der Waals surface area contributed by atoms with Crippen LogP contribution in [0.1, 0.15) is 24.4 Å². The SMILES string of the molecule is Cc1nsc2cc(C(C)Nc3ncnc4cccnc34)n(-c3ccccc3)c(=O)c12. The molecule has 4 aromatic heterocycles. The molecule has 0 spiro atoms. The van der Waals surface area contributed by atoms with Crippen LogP contribution in [-0.2, 0) is 0 Å². The highest BCUT2D eigenvalue weighted by molar-refractivity contribution is 7.13. The lowest BCUT2D eigenvalue weighted by Crippen LogP contribution is -2.25. The van der Waals surface area contributed by atoms with Gasteiger partial charge >= 0.3 is 0 Å². The predicted molar refractivity (Wildman–Crippen MR) is 119 cm³/mol. The summed E-state index contributed by atoms with van der Waals surface area (Å²) in [6.45, 7) is 3.88. The van der Waals surface area contributed by atoms with Crippen LogP contribution in [0, 0.1) is 6.92 Å². The van der Waals surface area contributed by atoms with Crippen LogP contribution < -0.4 is 10.9 Å². The van der Waals surface area contributed by atoms with E-state index >= 15 is 0 Å². The summed E-state index contributed by atoms with van der Waals surface area (Å²) < 4.78 is 7.02. The van der Waals surface area contributed by atoms with Gasteiger partial charge in [-0.3, -0.25) is 14.3 Å². The minimum absolute atomic E-state index is 0.0701. The number of hydrogen-bond donors (Lipinski definition) is 1. The molecule has 1 N–H and O–H groups in total. The number of fused-ring (bicyclic) bond motifs is 2. The van der Waals surface area contributed by atoms with Crippen LogP contribution in [0.15, 0.2) is 65.8 Å². The first kappa shape index (κ1) is 18.4. The van der Waals surface area contributed by atoms with E-state index in [4.69, 9.17) is 0 Å². The van der Waals surface area contributed by atoms with Crippen molar-refractivity contribution in [3.8, 4) is 5.69 Å². The molecule has 7 nitrogen and oxygen atoms in total. The van der Waals surface area contributed by atoms with Gasteiger partial charge in [0.2, 0.25) is 0 Å². The number of nitrogens with one attached hydrogen (secondary N) is 1. The average molecular weight is 414 g/mol. The van der Waals surface area contributed by atoms with Gasteiger partial charge in [0.25, 0.3) is 5.56 Å². The van der Waals surface area contributed by atoms with E-state index in [1.165, 1.54) is 17.9 Å². The molecule has 4 heterocycles. The first-order valence-corrected chi connectivity index (χ1v) is 10.3. The van der Waals surface area contributed by atoms with E-state index in [0.29, 0.717) is 16.7 Å². The van der Waals surface area contributed by atoms with Gasteiger partial charge < -0.3 is 5.32 Å². The highest BCUT2D eigenvalue weighted by atomic mass is 32.1. The van der Waals surface area contributed by atoms with Crippen molar-refractivity contribution >= 4 is 38.5 Å². The third kappa shape index (κ3) is 3.02. The lowest BCUT2D eigenvalue weighted by atomic mass is 10.1. The Hall–Kier alpha value is -3.65. The summed E-state index contributed by atoms with van der Waals surface area (Å²) >= 11 is 1.34. The summed E-state index contributed by atoms with van der Waals surface area (Å²) in [5.74, 6) is 0.626. The van der Waals surface area contributed by atoms with Crippen LogP contribution >= 0.6 is 11.5 Å². The minimum atomic E-state index is -0.218. The second kappa shape index (κ2) is 7.31. The molecular formula is C22H18N6OS. The van der Waals surface area contributed by atoms with Gasteiger partial charge in [0.1, 0.15) is 11.8 Å². The lowest BCUT2D eigenvalue weighted by Gasteiger charge is -2.21. The quantitative estimate of drug-likeness (QED) is 0.473. The Morgan fingerprint density at radius 2 is 1.90 bits per heavy atom. The van der Waals surface area contributed by atoms with Gasteiger partial charge in [-0.2, -0.15) is 4.37 Å². The standard InChI is InChI=1S/C22H18N6OS/c1-13(26-21-20-16(24-12-25-21)9-6-10-23-20)17-11-18-19(14(2)27-30-18)22(29)28(17)15-7-4-3-5-8-15/h3-13H,1-2H3,(H,24,25,26). The van der Waals surface area contributed by atoms with Crippen molar-refractivity contribution in [2.45, 2.75) is 19.9 Å². The van der Waals surface area contributed by atoms with Crippen molar-refractivity contribution in [2.75, 3.05) is 5.32 Å². The Bertz CT molecular complexity index is 1420. The van der Waals surface area contributed by atoms with E-state index in [1.54, 1.807) is 10.8 Å². The molecule has 0 aliphatic heterocycles. The fraction of sp³-hybridized carbons (Fsp3) is 0.136. The summed E-state index contributed by atoms with van der Waals surface area (Å²) in [7, 11) is 0. The fourth-order valence-corrected chi connectivity index (χ4v) is 4.44. The number of anilines is 1. The van der Waals surface area contributed by atoms with Crippen LogP contribution in [0.5, 0.6) is 0 Å². The molecule has 1 aromatic carbocycles. The van der Waals surface area contributed by atoms with Crippen molar-refractivity contribution in [3.63, 3.8) is 0 Å². The molecule has 0 aliphatic carbocycles. The van der Waals surface area contributed by atoms with Crippen LogP contribution in [0.2, 0.25) is 0 Å². The Balaban J connectivity index is 1.69. The summed E-state index contributed by atoms with van der Waals surface area (Å²) in [6, 6.07) is 15.2. The molecule has 1 unspecified atom stereocenters. The van der Waals surface area contributed by atoms with Gasteiger partial charge in [0, 0.05) is 17.6 Å². The van der Waals surface area contributed by atoms with Crippen LogP contribution in [0.4, 0.5) is 5.82 Å². The maximum Gasteiger partial charge on any atom is 0.266 e. The Kier molecular flexibility index (Phi) is 4.48. The molecule has 0 bridgehead atoms. The van der Waals surface area contributed by atoms with Gasteiger partial charge in [-0.1, -0.05) is 18.2 Å². The zero-order valence-corrected chi connectivity index (χ0v) is 17.2. The third-order valence-electron chi connectivity index (χ3n) is 5.05. The number of para-hydroxylation sites is 1. The molecule has 0 radical (unpaired) electrons. The van der Waals surface area contributed by atoms with Crippen molar-refractivity contribution in [2.24, 2.45) is 0 Å². The van der Waals surface area contributed by atoms with E-state index in [2.05, 4.69) is 24.6 Å². The van der Waals surface area contributed by atoms with E-state index < -0.39 is 0 Å². The molecule has 5 aromatic rings. The molecule has 0 amide bonds. The molecule has 0 saturated heterocycles. The van der Waals surface area contributed by atoms with Gasteiger partial charge in [-0.15, -0.1) is 0 Å². The topological polar surface area (TPSA) is 85.6 Å². The van der Waals surface area contributed by atoms with E-state index in [-0.39, 0.29) is 11.6 Å². The molecule has 5 rings (SSSR count). The van der Waals surface area contributed by atoms with Gasteiger partial charge in [-0.05, 0) is 55.7 Å². The minimum Gasteiger partial charge on any atom is -0.360 e.